The minimum atomic E-state index is -0.671. The molecule has 1 unspecified atom stereocenters. The summed E-state index contributed by atoms with van der Waals surface area (Å²) in [6.07, 6.45) is 5.43. The van der Waals surface area contributed by atoms with Gasteiger partial charge in [-0.25, -0.2) is 0 Å². The molecule has 33 heavy (non-hydrogen) atoms. The van der Waals surface area contributed by atoms with Crippen LogP contribution in [0.25, 0.3) is 5.65 Å². The van der Waals surface area contributed by atoms with Gasteiger partial charge in [0.05, 0.1) is 6.26 Å². The van der Waals surface area contributed by atoms with Crippen molar-refractivity contribution in [2.24, 2.45) is 0 Å². The molecule has 1 N–H and O–H groups in total. The zero-order valence-corrected chi connectivity index (χ0v) is 18.1. The molecule has 1 aliphatic heterocycles. The van der Waals surface area contributed by atoms with Crippen LogP contribution in [0.1, 0.15) is 40.7 Å². The number of nitrogens with zero attached hydrogens (tertiary/aromatic N) is 4. The van der Waals surface area contributed by atoms with E-state index in [0.29, 0.717) is 19.5 Å². The fourth-order valence-electron chi connectivity index (χ4n) is 4.40. The van der Waals surface area contributed by atoms with Crippen molar-refractivity contribution in [3.05, 3.63) is 90.3 Å². The number of likely N-dealkylation sites (tertiary alicyclic amines) is 1. The van der Waals surface area contributed by atoms with Crippen molar-refractivity contribution in [1.29, 1.82) is 0 Å². The molecule has 0 spiro atoms. The van der Waals surface area contributed by atoms with Gasteiger partial charge in [-0.05, 0) is 42.7 Å². The average Bonchev–Trinajstić information content (AvgIpc) is 3.55. The van der Waals surface area contributed by atoms with Crippen LogP contribution < -0.4 is 5.32 Å². The molecule has 168 valence electrons. The van der Waals surface area contributed by atoms with Crippen LogP contribution in [0, 0.1) is 0 Å². The predicted molar refractivity (Wildman–Crippen MR) is 122 cm³/mol. The number of carbonyl (C=O) groups excluding carboxylic acids is 2. The van der Waals surface area contributed by atoms with E-state index in [2.05, 4.69) is 15.5 Å². The highest BCUT2D eigenvalue weighted by Gasteiger charge is 2.32. The summed E-state index contributed by atoms with van der Waals surface area (Å²) in [4.78, 5) is 27.9. The summed E-state index contributed by atoms with van der Waals surface area (Å²) >= 11 is 0. The van der Waals surface area contributed by atoms with Crippen LogP contribution in [-0.4, -0.2) is 50.4 Å². The first-order valence-electron chi connectivity index (χ1n) is 11.2. The van der Waals surface area contributed by atoms with Gasteiger partial charge in [-0.1, -0.05) is 36.4 Å². The lowest BCUT2D eigenvalue weighted by atomic mass is 9.95. The second kappa shape index (κ2) is 9.28. The second-order valence-corrected chi connectivity index (χ2v) is 8.28. The van der Waals surface area contributed by atoms with Crippen LogP contribution in [0.15, 0.2) is 77.5 Å². The second-order valence-electron chi connectivity index (χ2n) is 8.28. The van der Waals surface area contributed by atoms with Gasteiger partial charge in [-0.3, -0.25) is 14.0 Å². The summed E-state index contributed by atoms with van der Waals surface area (Å²) in [5, 5.41) is 11.5. The van der Waals surface area contributed by atoms with Crippen LogP contribution >= 0.6 is 0 Å². The van der Waals surface area contributed by atoms with Crippen molar-refractivity contribution in [2.45, 2.75) is 31.2 Å². The van der Waals surface area contributed by atoms with E-state index in [-0.39, 0.29) is 23.5 Å². The minimum absolute atomic E-state index is 0.0803. The molecule has 8 heteroatoms. The SMILES string of the molecule is O=C(NC(Cc1ccccc1)C(=O)N1CCC(c2nnc3ccccn23)CC1)c1ccco1. The molecule has 1 atom stereocenters. The van der Waals surface area contributed by atoms with E-state index < -0.39 is 6.04 Å². The summed E-state index contributed by atoms with van der Waals surface area (Å²) in [6.45, 7) is 1.21. The molecule has 2 amide bonds. The van der Waals surface area contributed by atoms with Gasteiger partial charge in [0, 0.05) is 31.6 Å². The van der Waals surface area contributed by atoms with Crippen LogP contribution in [-0.2, 0) is 11.2 Å². The monoisotopic (exact) mass is 443 g/mol. The predicted octanol–water partition coefficient (Wildman–Crippen LogP) is 3.07. The summed E-state index contributed by atoms with van der Waals surface area (Å²) in [5.41, 5.74) is 1.81. The van der Waals surface area contributed by atoms with Crippen LogP contribution in [0.4, 0.5) is 0 Å². The molecule has 4 heterocycles. The largest absolute Gasteiger partial charge is 0.459 e. The molecule has 0 bridgehead atoms. The quantitative estimate of drug-likeness (QED) is 0.494. The van der Waals surface area contributed by atoms with Crippen molar-refractivity contribution in [2.75, 3.05) is 13.1 Å². The molecule has 0 saturated carbocycles. The minimum Gasteiger partial charge on any atom is -0.459 e. The van der Waals surface area contributed by atoms with Crippen molar-refractivity contribution in [3.63, 3.8) is 0 Å². The van der Waals surface area contributed by atoms with E-state index in [0.717, 1.165) is 29.9 Å². The third-order valence-electron chi connectivity index (χ3n) is 6.14. The lowest BCUT2D eigenvalue weighted by molar-refractivity contribution is -0.134. The van der Waals surface area contributed by atoms with E-state index in [1.807, 2.05) is 64.0 Å². The molecule has 4 aromatic rings. The van der Waals surface area contributed by atoms with Crippen LogP contribution in [0.5, 0.6) is 0 Å². The van der Waals surface area contributed by atoms with Crippen LogP contribution in [0.3, 0.4) is 0 Å². The van der Waals surface area contributed by atoms with Gasteiger partial charge >= 0.3 is 0 Å². The molecule has 0 radical (unpaired) electrons. The Kier molecular flexibility index (Phi) is 5.89. The Morgan fingerprint density at radius 2 is 1.79 bits per heavy atom. The first-order chi connectivity index (χ1) is 16.2. The van der Waals surface area contributed by atoms with Gasteiger partial charge in [-0.2, -0.15) is 0 Å². The Hall–Kier alpha value is -3.94. The number of aromatic nitrogens is 3. The Bertz CT molecular complexity index is 1230. The number of fused-ring (bicyclic) bond motifs is 1. The van der Waals surface area contributed by atoms with Crippen molar-refractivity contribution in [1.82, 2.24) is 24.8 Å². The average molecular weight is 444 g/mol. The number of benzene rings is 1. The highest BCUT2D eigenvalue weighted by molar-refractivity contribution is 5.95. The number of hydrogen-bond donors (Lipinski definition) is 1. The smallest absolute Gasteiger partial charge is 0.287 e. The van der Waals surface area contributed by atoms with Gasteiger partial charge in [0.15, 0.2) is 11.4 Å². The first kappa shape index (κ1) is 20.9. The third kappa shape index (κ3) is 4.50. The van der Waals surface area contributed by atoms with Gasteiger partial charge in [0.25, 0.3) is 5.91 Å². The topological polar surface area (TPSA) is 92.7 Å². The maximum absolute atomic E-state index is 13.5. The van der Waals surface area contributed by atoms with Crippen molar-refractivity contribution in [3.8, 4) is 0 Å². The number of rotatable bonds is 6. The Morgan fingerprint density at radius 3 is 2.55 bits per heavy atom. The van der Waals surface area contributed by atoms with E-state index in [1.165, 1.54) is 6.26 Å². The van der Waals surface area contributed by atoms with Gasteiger partial charge in [0.2, 0.25) is 5.91 Å². The molecule has 1 fully saturated rings. The van der Waals surface area contributed by atoms with E-state index in [9.17, 15) is 9.59 Å². The molecule has 3 aromatic heterocycles. The fourth-order valence-corrected chi connectivity index (χ4v) is 4.40. The lowest BCUT2D eigenvalue weighted by Gasteiger charge is -2.34. The van der Waals surface area contributed by atoms with Crippen LogP contribution in [0.2, 0.25) is 0 Å². The summed E-state index contributed by atoms with van der Waals surface area (Å²) in [5.74, 6) is 0.891. The molecule has 1 aliphatic rings. The normalized spacial score (nSPS) is 15.5. The fraction of sp³-hybridized carbons (Fsp3) is 0.280. The maximum atomic E-state index is 13.5. The third-order valence-corrected chi connectivity index (χ3v) is 6.14. The number of hydrogen-bond acceptors (Lipinski definition) is 5. The Labute approximate surface area is 191 Å². The van der Waals surface area contributed by atoms with E-state index >= 15 is 0 Å². The zero-order chi connectivity index (χ0) is 22.6. The number of amides is 2. The molecule has 5 rings (SSSR count). The number of piperidine rings is 1. The van der Waals surface area contributed by atoms with Gasteiger partial charge < -0.3 is 14.6 Å². The first-order valence-corrected chi connectivity index (χ1v) is 11.2. The van der Waals surface area contributed by atoms with Crippen molar-refractivity contribution < 1.29 is 14.0 Å². The van der Waals surface area contributed by atoms with Gasteiger partial charge in [0.1, 0.15) is 11.9 Å². The van der Waals surface area contributed by atoms with Crippen molar-refractivity contribution >= 4 is 17.5 Å². The summed E-state index contributed by atoms with van der Waals surface area (Å²) < 4.78 is 7.23. The number of nitrogens with one attached hydrogen (secondary N) is 1. The molecular formula is C25H25N5O3. The highest BCUT2D eigenvalue weighted by atomic mass is 16.3. The summed E-state index contributed by atoms with van der Waals surface area (Å²) in [6, 6.07) is 18.1. The molecule has 1 aromatic carbocycles. The Morgan fingerprint density at radius 1 is 1.00 bits per heavy atom. The number of furan rings is 1. The standard InChI is InChI=1S/C25H25N5O3/c31-24(21-9-6-16-33-21)26-20(17-18-7-2-1-3-8-18)25(32)29-14-11-19(12-15-29)23-28-27-22-10-4-5-13-30(22)23/h1-10,13,16,19-20H,11-12,14-15,17H2,(H,26,31). The molecular weight excluding hydrogens is 418 g/mol. The lowest BCUT2D eigenvalue weighted by Crippen LogP contribution is -2.51. The van der Waals surface area contributed by atoms with E-state index in [4.69, 9.17) is 4.42 Å². The maximum Gasteiger partial charge on any atom is 0.287 e. The molecule has 8 nitrogen and oxygen atoms in total. The zero-order valence-electron chi connectivity index (χ0n) is 18.1. The van der Waals surface area contributed by atoms with E-state index in [1.54, 1.807) is 12.1 Å². The van der Waals surface area contributed by atoms with Gasteiger partial charge in [-0.15, -0.1) is 10.2 Å². The molecule has 0 aliphatic carbocycles. The molecule has 1 saturated heterocycles. The Balaban J connectivity index is 1.29. The highest BCUT2D eigenvalue weighted by Crippen LogP contribution is 2.27. The number of pyridine rings is 1. The summed E-state index contributed by atoms with van der Waals surface area (Å²) in [7, 11) is 0. The number of carbonyl (C=O) groups is 2.